The zero-order valence-electron chi connectivity index (χ0n) is 11.4. The molecule has 0 fully saturated rings. The summed E-state index contributed by atoms with van der Waals surface area (Å²) in [6.45, 7) is 4.63. The van der Waals surface area contributed by atoms with Crippen molar-refractivity contribution in [3.63, 3.8) is 0 Å². The minimum absolute atomic E-state index is 0.0152. The van der Waals surface area contributed by atoms with Crippen LogP contribution in [0.25, 0.3) is 0 Å². The molecule has 2 N–H and O–H groups in total. The Morgan fingerprint density at radius 2 is 2.26 bits per heavy atom. The molecule has 0 spiro atoms. The first kappa shape index (κ1) is 16.1. The Kier molecular flexibility index (Phi) is 6.47. The number of ether oxygens (including phenoxy) is 1. The summed E-state index contributed by atoms with van der Waals surface area (Å²) < 4.78 is 6.71. The highest BCUT2D eigenvalue weighted by atomic mass is 79.9. The molecule has 0 radical (unpaired) electrons. The number of aliphatic hydroxyl groups is 1. The number of anilines is 1. The molecule has 0 aliphatic carbocycles. The van der Waals surface area contributed by atoms with Gasteiger partial charge in [-0.2, -0.15) is 5.10 Å². The SMILES string of the molecule is COCC(O)CCNc1cnn(C(C)C)c(=O)c1Br. The summed E-state index contributed by atoms with van der Waals surface area (Å²) in [4.78, 5) is 12.0. The van der Waals surface area contributed by atoms with Crippen molar-refractivity contribution in [3.8, 4) is 0 Å². The minimum Gasteiger partial charge on any atom is -0.391 e. The highest BCUT2D eigenvalue weighted by molar-refractivity contribution is 9.10. The monoisotopic (exact) mass is 333 g/mol. The van der Waals surface area contributed by atoms with Gasteiger partial charge in [0.2, 0.25) is 0 Å². The van der Waals surface area contributed by atoms with Crippen molar-refractivity contribution in [2.45, 2.75) is 32.4 Å². The molecule has 108 valence electrons. The first-order chi connectivity index (χ1) is 8.97. The topological polar surface area (TPSA) is 76.4 Å². The number of methoxy groups -OCH3 is 1. The normalized spacial score (nSPS) is 12.7. The van der Waals surface area contributed by atoms with Gasteiger partial charge < -0.3 is 15.2 Å². The van der Waals surface area contributed by atoms with Crippen LogP contribution < -0.4 is 10.9 Å². The lowest BCUT2D eigenvalue weighted by molar-refractivity contribution is 0.0615. The van der Waals surface area contributed by atoms with Crippen LogP contribution in [0.5, 0.6) is 0 Å². The molecule has 1 rings (SSSR count). The van der Waals surface area contributed by atoms with Crippen molar-refractivity contribution >= 4 is 21.6 Å². The lowest BCUT2D eigenvalue weighted by atomic mass is 10.2. The zero-order chi connectivity index (χ0) is 14.4. The molecule has 1 aromatic rings. The van der Waals surface area contributed by atoms with E-state index >= 15 is 0 Å². The highest BCUT2D eigenvalue weighted by Gasteiger charge is 2.11. The number of halogens is 1. The summed E-state index contributed by atoms with van der Waals surface area (Å²) in [7, 11) is 1.54. The molecule has 0 bridgehead atoms. The molecule has 0 aromatic carbocycles. The number of nitrogens with one attached hydrogen (secondary N) is 1. The first-order valence-electron chi connectivity index (χ1n) is 6.15. The molecular formula is C12H20BrN3O3. The van der Waals surface area contributed by atoms with Gasteiger partial charge in [-0.15, -0.1) is 0 Å². The van der Waals surface area contributed by atoms with Crippen LogP contribution in [0.3, 0.4) is 0 Å². The van der Waals surface area contributed by atoms with Gasteiger partial charge in [0.15, 0.2) is 0 Å². The van der Waals surface area contributed by atoms with Crippen molar-refractivity contribution in [2.24, 2.45) is 0 Å². The lowest BCUT2D eigenvalue weighted by Gasteiger charge is -2.13. The summed E-state index contributed by atoms with van der Waals surface area (Å²) in [5, 5.41) is 16.7. The smallest absolute Gasteiger partial charge is 0.283 e. The van der Waals surface area contributed by atoms with Crippen LogP contribution in [0, 0.1) is 0 Å². The average Bonchev–Trinajstić information content (AvgIpc) is 2.34. The quantitative estimate of drug-likeness (QED) is 0.788. The third kappa shape index (κ3) is 4.59. The Hall–Kier alpha value is -0.920. The maximum Gasteiger partial charge on any atom is 0.283 e. The Labute approximate surface area is 120 Å². The van der Waals surface area contributed by atoms with Gasteiger partial charge >= 0.3 is 0 Å². The first-order valence-corrected chi connectivity index (χ1v) is 6.94. The van der Waals surface area contributed by atoms with E-state index in [4.69, 9.17) is 4.74 Å². The van der Waals surface area contributed by atoms with Crippen molar-refractivity contribution in [1.29, 1.82) is 0 Å². The number of nitrogens with zero attached hydrogens (tertiary/aromatic N) is 2. The summed E-state index contributed by atoms with van der Waals surface area (Å²) in [5.74, 6) is 0. The van der Waals surface area contributed by atoms with Crippen molar-refractivity contribution in [2.75, 3.05) is 25.6 Å². The molecule has 1 unspecified atom stereocenters. The van der Waals surface area contributed by atoms with E-state index in [1.807, 2.05) is 13.8 Å². The lowest BCUT2D eigenvalue weighted by Crippen LogP contribution is -2.26. The number of hydrogen-bond acceptors (Lipinski definition) is 5. The van der Waals surface area contributed by atoms with Crippen LogP contribution in [0.2, 0.25) is 0 Å². The number of hydrogen-bond donors (Lipinski definition) is 2. The molecule has 1 aromatic heterocycles. The molecule has 7 heteroatoms. The Morgan fingerprint density at radius 1 is 1.58 bits per heavy atom. The summed E-state index contributed by atoms with van der Waals surface area (Å²) in [5.41, 5.74) is 0.462. The van der Waals surface area contributed by atoms with Crippen LogP contribution in [0.1, 0.15) is 26.3 Å². The van der Waals surface area contributed by atoms with E-state index in [0.29, 0.717) is 29.7 Å². The van der Waals surface area contributed by atoms with E-state index in [-0.39, 0.29) is 11.6 Å². The van der Waals surface area contributed by atoms with Gasteiger partial charge in [0.25, 0.3) is 5.56 Å². The van der Waals surface area contributed by atoms with E-state index in [1.54, 1.807) is 13.3 Å². The Bertz CT molecular complexity index is 462. The van der Waals surface area contributed by atoms with Gasteiger partial charge in [0, 0.05) is 13.7 Å². The predicted octanol–water partition coefficient (Wildman–Crippen LogP) is 1.40. The van der Waals surface area contributed by atoms with E-state index in [1.165, 1.54) is 4.68 Å². The van der Waals surface area contributed by atoms with Crippen LogP contribution in [-0.4, -0.2) is 41.3 Å². The maximum atomic E-state index is 12.0. The summed E-state index contributed by atoms with van der Waals surface area (Å²) in [6, 6.07) is 0.0152. The standard InChI is InChI=1S/C12H20BrN3O3/c1-8(2)16-12(18)11(13)10(6-15-16)14-5-4-9(17)7-19-3/h6,8-9,14,17H,4-5,7H2,1-3H3. The van der Waals surface area contributed by atoms with Crippen LogP contribution in [0.4, 0.5) is 5.69 Å². The molecule has 1 atom stereocenters. The van der Waals surface area contributed by atoms with Gasteiger partial charge in [-0.3, -0.25) is 4.79 Å². The predicted molar refractivity (Wildman–Crippen MR) is 77.6 cm³/mol. The van der Waals surface area contributed by atoms with Gasteiger partial charge in [-0.25, -0.2) is 4.68 Å². The maximum absolute atomic E-state index is 12.0. The van der Waals surface area contributed by atoms with Gasteiger partial charge in [-0.05, 0) is 36.2 Å². The molecular weight excluding hydrogens is 314 g/mol. The molecule has 0 amide bonds. The van der Waals surface area contributed by atoms with Crippen LogP contribution in [-0.2, 0) is 4.74 Å². The average molecular weight is 334 g/mol. The molecule has 1 heterocycles. The second-order valence-corrected chi connectivity index (χ2v) is 5.33. The third-order valence-electron chi connectivity index (χ3n) is 2.58. The van der Waals surface area contributed by atoms with Crippen LogP contribution in [0.15, 0.2) is 15.5 Å². The summed E-state index contributed by atoms with van der Waals surface area (Å²) in [6.07, 6.45) is 1.63. The second-order valence-electron chi connectivity index (χ2n) is 4.54. The van der Waals surface area contributed by atoms with Crippen molar-refractivity contribution in [1.82, 2.24) is 9.78 Å². The second kappa shape index (κ2) is 7.62. The molecule has 6 nitrogen and oxygen atoms in total. The number of rotatable bonds is 7. The fraction of sp³-hybridized carbons (Fsp3) is 0.667. The Balaban J connectivity index is 2.65. The summed E-state index contributed by atoms with van der Waals surface area (Å²) >= 11 is 3.27. The van der Waals surface area contributed by atoms with E-state index in [0.717, 1.165) is 0 Å². The van der Waals surface area contributed by atoms with Gasteiger partial charge in [0.05, 0.1) is 30.6 Å². The van der Waals surface area contributed by atoms with Crippen LogP contribution >= 0.6 is 15.9 Å². The minimum atomic E-state index is -0.514. The molecule has 0 saturated heterocycles. The fourth-order valence-corrected chi connectivity index (χ4v) is 2.01. The number of aromatic nitrogens is 2. The van der Waals surface area contributed by atoms with Gasteiger partial charge in [-0.1, -0.05) is 0 Å². The van der Waals surface area contributed by atoms with E-state index < -0.39 is 6.10 Å². The molecule has 0 aliphatic heterocycles. The van der Waals surface area contributed by atoms with Crippen molar-refractivity contribution in [3.05, 3.63) is 21.0 Å². The Morgan fingerprint density at radius 3 is 2.84 bits per heavy atom. The zero-order valence-corrected chi connectivity index (χ0v) is 13.0. The fourth-order valence-electron chi connectivity index (χ4n) is 1.59. The highest BCUT2D eigenvalue weighted by Crippen LogP contribution is 2.17. The molecule has 0 aliphatic rings. The largest absolute Gasteiger partial charge is 0.391 e. The van der Waals surface area contributed by atoms with Crippen molar-refractivity contribution < 1.29 is 9.84 Å². The molecule has 19 heavy (non-hydrogen) atoms. The number of aliphatic hydroxyl groups excluding tert-OH is 1. The van der Waals surface area contributed by atoms with E-state index in [2.05, 4.69) is 26.3 Å². The molecule has 0 saturated carbocycles. The van der Waals surface area contributed by atoms with Gasteiger partial charge in [0.1, 0.15) is 4.47 Å². The van der Waals surface area contributed by atoms with E-state index in [9.17, 15) is 9.90 Å². The third-order valence-corrected chi connectivity index (χ3v) is 3.35.